The first kappa shape index (κ1) is 16.2. The Morgan fingerprint density at radius 2 is 1.81 bits per heavy atom. The second-order valence-corrected chi connectivity index (χ2v) is 6.74. The van der Waals surface area contributed by atoms with Crippen molar-refractivity contribution in [2.24, 2.45) is 5.92 Å². The lowest BCUT2D eigenvalue weighted by Crippen LogP contribution is -2.47. The van der Waals surface area contributed by atoms with Crippen LogP contribution in [0.1, 0.15) is 33.3 Å². The number of pyridine rings is 1. The molecule has 1 saturated heterocycles. The van der Waals surface area contributed by atoms with E-state index >= 15 is 0 Å². The zero-order valence-corrected chi connectivity index (χ0v) is 14.0. The third-order valence-corrected chi connectivity index (χ3v) is 3.84. The molecule has 4 nitrogen and oxygen atoms in total. The zero-order chi connectivity index (χ0) is 15.2. The second kappa shape index (κ2) is 7.76. The highest BCUT2D eigenvalue weighted by atomic mass is 15.3. The molecule has 21 heavy (non-hydrogen) atoms. The van der Waals surface area contributed by atoms with E-state index in [1.807, 2.05) is 6.20 Å². The fourth-order valence-corrected chi connectivity index (χ4v) is 2.71. The number of rotatable bonds is 6. The predicted molar refractivity (Wildman–Crippen MR) is 89.7 cm³/mol. The Bertz CT molecular complexity index is 405. The number of aromatic nitrogens is 1. The van der Waals surface area contributed by atoms with Gasteiger partial charge in [-0.1, -0.05) is 33.8 Å². The van der Waals surface area contributed by atoms with Crippen LogP contribution in [0.5, 0.6) is 0 Å². The maximum absolute atomic E-state index is 4.63. The number of hydrogen-bond donors (Lipinski definition) is 1. The Morgan fingerprint density at radius 3 is 2.33 bits per heavy atom. The van der Waals surface area contributed by atoms with Gasteiger partial charge in [-0.3, -0.25) is 4.90 Å². The molecular weight excluding hydrogens is 260 g/mol. The monoisotopic (exact) mass is 290 g/mol. The predicted octanol–water partition coefficient (Wildman–Crippen LogP) is 2.36. The summed E-state index contributed by atoms with van der Waals surface area (Å²) in [4.78, 5) is 9.59. The van der Waals surface area contributed by atoms with Crippen LogP contribution >= 0.6 is 0 Å². The van der Waals surface area contributed by atoms with Crippen LogP contribution in [0.15, 0.2) is 18.3 Å². The van der Waals surface area contributed by atoms with E-state index in [-0.39, 0.29) is 0 Å². The Morgan fingerprint density at radius 1 is 1.10 bits per heavy atom. The van der Waals surface area contributed by atoms with Gasteiger partial charge in [0.2, 0.25) is 0 Å². The number of nitrogens with zero attached hydrogens (tertiary/aromatic N) is 3. The Labute approximate surface area is 129 Å². The van der Waals surface area contributed by atoms with E-state index in [1.54, 1.807) is 0 Å². The third kappa shape index (κ3) is 5.29. The molecule has 0 radical (unpaired) electrons. The number of hydrogen-bond acceptors (Lipinski definition) is 4. The highest BCUT2D eigenvalue weighted by Gasteiger charge is 2.18. The average molecular weight is 290 g/mol. The van der Waals surface area contributed by atoms with Crippen LogP contribution in [0.25, 0.3) is 0 Å². The lowest BCUT2D eigenvalue weighted by atomic mass is 10.2. The first-order valence-corrected chi connectivity index (χ1v) is 8.20. The van der Waals surface area contributed by atoms with Gasteiger partial charge in [0.05, 0.1) is 0 Å². The van der Waals surface area contributed by atoms with Gasteiger partial charge >= 0.3 is 0 Å². The largest absolute Gasteiger partial charge is 0.354 e. The number of nitrogens with one attached hydrogen (secondary N) is 1. The molecule has 0 aliphatic carbocycles. The first-order valence-electron chi connectivity index (χ1n) is 8.20. The molecule has 1 aromatic rings. The summed E-state index contributed by atoms with van der Waals surface area (Å²) in [5, 5.41) is 3.42. The van der Waals surface area contributed by atoms with Gasteiger partial charge < -0.3 is 10.2 Å². The zero-order valence-electron chi connectivity index (χ0n) is 14.0. The molecule has 0 saturated carbocycles. The maximum atomic E-state index is 4.63. The molecule has 0 spiro atoms. The van der Waals surface area contributed by atoms with Crippen molar-refractivity contribution in [1.82, 2.24) is 15.2 Å². The van der Waals surface area contributed by atoms with Gasteiger partial charge in [-0.25, -0.2) is 4.98 Å². The molecule has 1 fully saturated rings. The SMILES string of the molecule is CC(C)CN1CCN(c2ccc(CNC(C)C)cn2)CC1. The molecule has 0 amide bonds. The summed E-state index contributed by atoms with van der Waals surface area (Å²) >= 11 is 0. The lowest BCUT2D eigenvalue weighted by Gasteiger charge is -2.36. The van der Waals surface area contributed by atoms with E-state index in [4.69, 9.17) is 0 Å². The van der Waals surface area contributed by atoms with Crippen molar-refractivity contribution < 1.29 is 0 Å². The van der Waals surface area contributed by atoms with Crippen LogP contribution < -0.4 is 10.2 Å². The topological polar surface area (TPSA) is 31.4 Å². The van der Waals surface area contributed by atoms with E-state index in [0.29, 0.717) is 6.04 Å². The van der Waals surface area contributed by atoms with Crippen LogP contribution in [-0.2, 0) is 6.54 Å². The summed E-state index contributed by atoms with van der Waals surface area (Å²) in [5.41, 5.74) is 1.26. The van der Waals surface area contributed by atoms with Crippen LogP contribution in [0.2, 0.25) is 0 Å². The Kier molecular flexibility index (Phi) is 6.00. The first-order chi connectivity index (χ1) is 10.0. The fraction of sp³-hybridized carbons (Fsp3) is 0.706. The lowest BCUT2D eigenvalue weighted by molar-refractivity contribution is 0.231. The van der Waals surface area contributed by atoms with Crippen molar-refractivity contribution in [2.45, 2.75) is 40.3 Å². The summed E-state index contributed by atoms with van der Waals surface area (Å²) in [5.74, 6) is 1.87. The van der Waals surface area contributed by atoms with Gasteiger partial charge in [0.25, 0.3) is 0 Å². The van der Waals surface area contributed by atoms with Crippen molar-refractivity contribution in [3.8, 4) is 0 Å². The second-order valence-electron chi connectivity index (χ2n) is 6.74. The minimum Gasteiger partial charge on any atom is -0.354 e. The highest BCUT2D eigenvalue weighted by Crippen LogP contribution is 2.14. The number of piperazine rings is 1. The average Bonchev–Trinajstić information content (AvgIpc) is 2.46. The molecule has 1 aliphatic rings. The summed E-state index contributed by atoms with van der Waals surface area (Å²) in [7, 11) is 0. The summed E-state index contributed by atoms with van der Waals surface area (Å²) < 4.78 is 0. The highest BCUT2D eigenvalue weighted by molar-refractivity contribution is 5.39. The summed E-state index contributed by atoms with van der Waals surface area (Å²) in [6, 6.07) is 4.87. The number of anilines is 1. The normalized spacial score (nSPS) is 17.0. The molecule has 118 valence electrons. The van der Waals surface area contributed by atoms with E-state index in [1.165, 1.54) is 12.1 Å². The van der Waals surface area contributed by atoms with Gasteiger partial charge in [-0.05, 0) is 17.5 Å². The molecule has 2 rings (SSSR count). The molecule has 1 N–H and O–H groups in total. The van der Waals surface area contributed by atoms with Gasteiger partial charge in [0.1, 0.15) is 5.82 Å². The standard InChI is InChI=1S/C17H30N4/c1-14(2)13-20-7-9-21(10-8-20)17-6-5-16(12-19-17)11-18-15(3)4/h5-6,12,14-15,18H,7-11,13H2,1-4H3. The van der Waals surface area contributed by atoms with Gasteiger partial charge in [-0.15, -0.1) is 0 Å². The van der Waals surface area contributed by atoms with Crippen LogP contribution in [-0.4, -0.2) is 48.6 Å². The molecule has 0 unspecified atom stereocenters. The molecule has 4 heteroatoms. The van der Waals surface area contributed by atoms with Crippen LogP contribution in [0, 0.1) is 5.92 Å². The quantitative estimate of drug-likeness (QED) is 0.871. The molecule has 0 aromatic carbocycles. The smallest absolute Gasteiger partial charge is 0.128 e. The van der Waals surface area contributed by atoms with Gasteiger partial charge in [-0.2, -0.15) is 0 Å². The van der Waals surface area contributed by atoms with E-state index in [0.717, 1.165) is 44.5 Å². The van der Waals surface area contributed by atoms with Crippen LogP contribution in [0.3, 0.4) is 0 Å². The van der Waals surface area contributed by atoms with E-state index in [9.17, 15) is 0 Å². The van der Waals surface area contributed by atoms with E-state index < -0.39 is 0 Å². The van der Waals surface area contributed by atoms with Crippen molar-refractivity contribution in [2.75, 3.05) is 37.6 Å². The van der Waals surface area contributed by atoms with Crippen LogP contribution in [0.4, 0.5) is 5.82 Å². The van der Waals surface area contributed by atoms with Crippen molar-refractivity contribution in [1.29, 1.82) is 0 Å². The molecule has 1 aromatic heterocycles. The van der Waals surface area contributed by atoms with Gasteiger partial charge in [0, 0.05) is 51.5 Å². The van der Waals surface area contributed by atoms with Crippen molar-refractivity contribution in [3.05, 3.63) is 23.9 Å². The summed E-state index contributed by atoms with van der Waals surface area (Å²) in [6.45, 7) is 15.5. The summed E-state index contributed by atoms with van der Waals surface area (Å²) in [6.07, 6.45) is 2.01. The molecular formula is C17H30N4. The van der Waals surface area contributed by atoms with Crippen molar-refractivity contribution >= 4 is 5.82 Å². The minimum absolute atomic E-state index is 0.513. The molecule has 0 atom stereocenters. The van der Waals surface area contributed by atoms with Gasteiger partial charge in [0.15, 0.2) is 0 Å². The maximum Gasteiger partial charge on any atom is 0.128 e. The Hall–Kier alpha value is -1.13. The minimum atomic E-state index is 0.513. The fourth-order valence-electron chi connectivity index (χ4n) is 2.71. The molecule has 0 bridgehead atoms. The third-order valence-electron chi connectivity index (χ3n) is 3.84. The van der Waals surface area contributed by atoms with Crippen molar-refractivity contribution in [3.63, 3.8) is 0 Å². The Balaban J connectivity index is 1.83. The molecule has 2 heterocycles. The van der Waals surface area contributed by atoms with E-state index in [2.05, 4.69) is 59.9 Å². The molecule has 1 aliphatic heterocycles.